The summed E-state index contributed by atoms with van der Waals surface area (Å²) in [5, 5.41) is 7.39. The first-order valence-electron chi connectivity index (χ1n) is 9.04. The van der Waals surface area contributed by atoms with Crippen LogP contribution in [0, 0.1) is 0 Å². The van der Waals surface area contributed by atoms with Gasteiger partial charge in [0.15, 0.2) is 5.96 Å². The average molecular weight is 488 g/mol. The number of halogens is 1. The molecule has 0 spiro atoms. The normalized spacial score (nSPS) is 22.4. The first-order chi connectivity index (χ1) is 12.2. The Kier molecular flexibility index (Phi) is 8.53. The van der Waals surface area contributed by atoms with E-state index < -0.39 is 0 Å². The monoisotopic (exact) mass is 488 g/mol. The van der Waals surface area contributed by atoms with E-state index >= 15 is 0 Å². The minimum atomic E-state index is 0. The van der Waals surface area contributed by atoms with Crippen molar-refractivity contribution in [2.24, 2.45) is 4.99 Å². The molecule has 3 rings (SSSR count). The van der Waals surface area contributed by atoms with Crippen LogP contribution in [0.2, 0.25) is 0 Å². The zero-order chi connectivity index (χ0) is 17.6. The Hall–Kier alpha value is -0.960. The fourth-order valence-corrected chi connectivity index (χ4v) is 4.45. The van der Waals surface area contributed by atoms with Gasteiger partial charge in [-0.3, -0.25) is 9.79 Å². The van der Waals surface area contributed by atoms with E-state index in [4.69, 9.17) is 0 Å². The van der Waals surface area contributed by atoms with Crippen LogP contribution in [0.1, 0.15) is 30.4 Å². The maximum absolute atomic E-state index is 12.5. The molecule has 7 heteroatoms. The number of fused-ring (bicyclic) bond motifs is 1. The smallest absolute Gasteiger partial charge is 0.242 e. The van der Waals surface area contributed by atoms with Gasteiger partial charge in [-0.15, -0.1) is 24.0 Å². The number of nitrogens with one attached hydrogen (secondary N) is 2. The Morgan fingerprint density at radius 3 is 2.77 bits per heavy atom. The Bertz CT molecular complexity index is 640. The summed E-state index contributed by atoms with van der Waals surface area (Å²) in [5.74, 6) is 0.864. The van der Waals surface area contributed by atoms with Crippen LogP contribution in [0.15, 0.2) is 29.3 Å². The fourth-order valence-electron chi connectivity index (χ4n) is 3.65. The van der Waals surface area contributed by atoms with Crippen molar-refractivity contribution in [1.82, 2.24) is 15.5 Å². The zero-order valence-corrected chi connectivity index (χ0v) is 18.7. The van der Waals surface area contributed by atoms with Gasteiger partial charge in [-0.05, 0) is 43.1 Å². The standard InChI is InChI=1S/C19H28N4OS.HI/c1-20-19(22-16-7-8-17(11-16)25-2)21-12-18(24)23-10-9-14-5-3-4-6-15(14)13-23;/h3-6,16-17H,7-13H2,1-2H3,(H2,20,21,22);1H. The van der Waals surface area contributed by atoms with Crippen LogP contribution in [-0.4, -0.2) is 54.5 Å². The molecule has 26 heavy (non-hydrogen) atoms. The van der Waals surface area contributed by atoms with Crippen molar-refractivity contribution in [1.29, 1.82) is 0 Å². The van der Waals surface area contributed by atoms with Crippen LogP contribution < -0.4 is 10.6 Å². The molecule has 0 aromatic heterocycles. The lowest BCUT2D eigenvalue weighted by molar-refractivity contribution is -0.130. The molecule has 0 saturated heterocycles. The number of guanidine groups is 1. The summed E-state index contributed by atoms with van der Waals surface area (Å²) in [7, 11) is 1.76. The van der Waals surface area contributed by atoms with Crippen LogP contribution in [0.5, 0.6) is 0 Å². The molecule has 1 amide bonds. The number of carbonyl (C=O) groups excluding carboxylic acids is 1. The number of thioether (sulfide) groups is 1. The highest BCUT2D eigenvalue weighted by atomic mass is 127. The SMILES string of the molecule is CN=C(NCC(=O)N1CCc2ccccc2C1)NC1CCC(SC)C1.I. The van der Waals surface area contributed by atoms with Crippen LogP contribution in [0.3, 0.4) is 0 Å². The molecule has 5 nitrogen and oxygen atoms in total. The Morgan fingerprint density at radius 2 is 2.08 bits per heavy atom. The molecule has 1 aliphatic heterocycles. The van der Waals surface area contributed by atoms with Crippen molar-refractivity contribution in [2.75, 3.05) is 26.4 Å². The fraction of sp³-hybridized carbons (Fsp3) is 0.579. The van der Waals surface area contributed by atoms with Crippen molar-refractivity contribution in [3.8, 4) is 0 Å². The summed E-state index contributed by atoms with van der Waals surface area (Å²) in [5.41, 5.74) is 2.63. The van der Waals surface area contributed by atoms with E-state index in [0.29, 0.717) is 19.1 Å². The maximum atomic E-state index is 12.5. The van der Waals surface area contributed by atoms with Gasteiger partial charge in [0.2, 0.25) is 5.91 Å². The summed E-state index contributed by atoms with van der Waals surface area (Å²) >= 11 is 1.94. The number of carbonyl (C=O) groups is 1. The number of aliphatic imine (C=N–C) groups is 1. The molecule has 1 aromatic carbocycles. The van der Waals surface area contributed by atoms with Gasteiger partial charge in [0.05, 0.1) is 6.54 Å². The van der Waals surface area contributed by atoms with Crippen molar-refractivity contribution in [3.63, 3.8) is 0 Å². The van der Waals surface area contributed by atoms with E-state index in [2.05, 4.69) is 40.1 Å². The van der Waals surface area contributed by atoms with Gasteiger partial charge in [0.25, 0.3) is 0 Å². The highest BCUT2D eigenvalue weighted by Gasteiger charge is 2.25. The van der Waals surface area contributed by atoms with Gasteiger partial charge in [0.1, 0.15) is 0 Å². The summed E-state index contributed by atoms with van der Waals surface area (Å²) in [6, 6.07) is 8.84. The first-order valence-corrected chi connectivity index (χ1v) is 10.3. The van der Waals surface area contributed by atoms with Crippen LogP contribution in [-0.2, 0) is 17.8 Å². The average Bonchev–Trinajstić information content (AvgIpc) is 3.12. The van der Waals surface area contributed by atoms with E-state index in [1.165, 1.54) is 30.4 Å². The third-order valence-electron chi connectivity index (χ3n) is 5.17. The molecule has 2 aliphatic rings. The number of nitrogens with zero attached hydrogens (tertiary/aromatic N) is 2. The second-order valence-corrected chi connectivity index (χ2v) is 7.91. The molecule has 0 radical (unpaired) electrons. The Labute approximate surface area is 177 Å². The molecule has 1 fully saturated rings. The Balaban J connectivity index is 0.00000243. The largest absolute Gasteiger partial charge is 0.354 e. The van der Waals surface area contributed by atoms with Crippen molar-refractivity contribution in [3.05, 3.63) is 35.4 Å². The number of benzene rings is 1. The molecule has 1 heterocycles. The minimum absolute atomic E-state index is 0. The highest BCUT2D eigenvalue weighted by Crippen LogP contribution is 2.28. The van der Waals surface area contributed by atoms with E-state index in [1.807, 2.05) is 22.7 Å². The third kappa shape index (κ3) is 5.52. The molecule has 2 N–H and O–H groups in total. The first kappa shape index (κ1) is 21.3. The second-order valence-electron chi connectivity index (χ2n) is 6.77. The van der Waals surface area contributed by atoms with Crippen LogP contribution in [0.25, 0.3) is 0 Å². The number of amides is 1. The second kappa shape index (κ2) is 10.4. The van der Waals surface area contributed by atoms with Crippen LogP contribution >= 0.6 is 35.7 Å². The lowest BCUT2D eigenvalue weighted by Gasteiger charge is -2.29. The summed E-state index contributed by atoms with van der Waals surface area (Å²) in [4.78, 5) is 18.7. The van der Waals surface area contributed by atoms with Gasteiger partial charge in [-0.1, -0.05) is 24.3 Å². The molecular weight excluding hydrogens is 459 g/mol. The van der Waals surface area contributed by atoms with Crippen molar-refractivity contribution >= 4 is 47.6 Å². The van der Waals surface area contributed by atoms with Crippen LogP contribution in [0.4, 0.5) is 0 Å². The quantitative estimate of drug-likeness (QED) is 0.389. The zero-order valence-electron chi connectivity index (χ0n) is 15.5. The van der Waals surface area contributed by atoms with E-state index in [1.54, 1.807) is 7.05 Å². The molecule has 1 saturated carbocycles. The van der Waals surface area contributed by atoms with Crippen molar-refractivity contribution in [2.45, 2.75) is 43.5 Å². The molecule has 144 valence electrons. The van der Waals surface area contributed by atoms with Gasteiger partial charge < -0.3 is 15.5 Å². The number of rotatable bonds is 4. The predicted octanol–water partition coefficient (Wildman–Crippen LogP) is 2.64. The maximum Gasteiger partial charge on any atom is 0.242 e. The van der Waals surface area contributed by atoms with E-state index in [0.717, 1.165) is 24.2 Å². The topological polar surface area (TPSA) is 56.7 Å². The van der Waals surface area contributed by atoms with Gasteiger partial charge in [-0.25, -0.2) is 0 Å². The molecule has 0 bridgehead atoms. The molecule has 2 atom stereocenters. The Morgan fingerprint density at radius 1 is 1.31 bits per heavy atom. The summed E-state index contributed by atoms with van der Waals surface area (Å²) in [6.07, 6.45) is 6.70. The van der Waals surface area contributed by atoms with Gasteiger partial charge in [-0.2, -0.15) is 11.8 Å². The van der Waals surface area contributed by atoms with E-state index in [9.17, 15) is 4.79 Å². The molecule has 2 unspecified atom stereocenters. The van der Waals surface area contributed by atoms with E-state index in [-0.39, 0.29) is 29.9 Å². The lowest BCUT2D eigenvalue weighted by atomic mass is 10.00. The van der Waals surface area contributed by atoms with Gasteiger partial charge in [0, 0.05) is 31.4 Å². The lowest BCUT2D eigenvalue weighted by Crippen LogP contribution is -2.48. The highest BCUT2D eigenvalue weighted by molar-refractivity contribution is 14.0. The number of hydrogen-bond donors (Lipinski definition) is 2. The minimum Gasteiger partial charge on any atom is -0.354 e. The summed E-state index contributed by atoms with van der Waals surface area (Å²) < 4.78 is 0. The molecular formula is C19H29IN4OS. The molecule has 1 aromatic rings. The number of hydrogen-bond acceptors (Lipinski definition) is 3. The molecule has 1 aliphatic carbocycles. The van der Waals surface area contributed by atoms with Crippen molar-refractivity contribution < 1.29 is 4.79 Å². The third-order valence-corrected chi connectivity index (χ3v) is 6.27. The summed E-state index contributed by atoms with van der Waals surface area (Å²) in [6.45, 7) is 1.79. The predicted molar refractivity (Wildman–Crippen MR) is 120 cm³/mol. The van der Waals surface area contributed by atoms with Gasteiger partial charge >= 0.3 is 0 Å².